The fourth-order valence-corrected chi connectivity index (χ4v) is 3.12. The number of alkyl halides is 3. The van der Waals surface area contributed by atoms with Gasteiger partial charge in [0.25, 0.3) is 0 Å². The fraction of sp³-hybridized carbons (Fsp3) is 0.227. The van der Waals surface area contributed by atoms with Crippen molar-refractivity contribution in [2.75, 3.05) is 12.4 Å². The first-order chi connectivity index (χ1) is 14.0. The Hall–Kier alpha value is -3.29. The van der Waals surface area contributed by atoms with Crippen LogP contribution >= 0.6 is 0 Å². The Kier molecular flexibility index (Phi) is 5.61. The standard InChI is InChI=1S/C22H19F4NO3/c1-11(15-9-16-12(2)13(3)30-20(16)10-19(15)29-4)7-21(28)27-14-5-6-18(23)17(8-14)22(24,25)26/h5-10H,1-4H3,(H,27,28)/b11-7+. The third-order valence-corrected chi connectivity index (χ3v) is 4.81. The summed E-state index contributed by atoms with van der Waals surface area (Å²) in [5.74, 6) is -0.815. The number of allylic oxidation sites excluding steroid dienone is 1. The number of nitrogens with one attached hydrogen (secondary N) is 1. The topological polar surface area (TPSA) is 51.5 Å². The first-order valence-corrected chi connectivity index (χ1v) is 8.95. The highest BCUT2D eigenvalue weighted by Crippen LogP contribution is 2.35. The van der Waals surface area contributed by atoms with Crippen LogP contribution in [0.5, 0.6) is 5.75 Å². The number of rotatable bonds is 4. The minimum absolute atomic E-state index is 0.165. The van der Waals surface area contributed by atoms with Crippen molar-refractivity contribution in [1.29, 1.82) is 0 Å². The summed E-state index contributed by atoms with van der Waals surface area (Å²) < 4.78 is 63.1. The van der Waals surface area contributed by atoms with Gasteiger partial charge in [0.15, 0.2) is 0 Å². The number of carbonyl (C=O) groups is 1. The molecular formula is C22H19F4NO3. The number of amides is 1. The summed E-state index contributed by atoms with van der Waals surface area (Å²) in [6, 6.07) is 5.83. The summed E-state index contributed by atoms with van der Waals surface area (Å²) in [4.78, 5) is 12.4. The lowest BCUT2D eigenvalue weighted by Gasteiger charge is -2.11. The highest BCUT2D eigenvalue weighted by molar-refractivity contribution is 6.04. The zero-order valence-corrected chi connectivity index (χ0v) is 16.7. The molecule has 3 rings (SSSR count). The molecule has 0 saturated carbocycles. The number of anilines is 1. The van der Waals surface area contributed by atoms with Gasteiger partial charge in [-0.05, 0) is 56.2 Å². The molecule has 30 heavy (non-hydrogen) atoms. The number of fused-ring (bicyclic) bond motifs is 1. The molecule has 0 saturated heterocycles. The minimum Gasteiger partial charge on any atom is -0.496 e. The molecule has 4 nitrogen and oxygen atoms in total. The van der Waals surface area contributed by atoms with Gasteiger partial charge >= 0.3 is 6.18 Å². The zero-order valence-electron chi connectivity index (χ0n) is 16.7. The van der Waals surface area contributed by atoms with E-state index < -0.39 is 23.5 Å². The Bertz CT molecular complexity index is 1160. The lowest BCUT2D eigenvalue weighted by molar-refractivity contribution is -0.140. The summed E-state index contributed by atoms with van der Waals surface area (Å²) in [5.41, 5.74) is 1.16. The maximum Gasteiger partial charge on any atom is 0.419 e. The third kappa shape index (κ3) is 4.17. The third-order valence-electron chi connectivity index (χ3n) is 4.81. The molecule has 3 aromatic rings. The molecule has 0 aliphatic carbocycles. The van der Waals surface area contributed by atoms with Gasteiger partial charge < -0.3 is 14.5 Å². The fourth-order valence-electron chi connectivity index (χ4n) is 3.12. The number of hydrogen-bond donors (Lipinski definition) is 1. The maximum absolute atomic E-state index is 13.4. The quantitative estimate of drug-likeness (QED) is 0.400. The van der Waals surface area contributed by atoms with Crippen LogP contribution in [-0.2, 0) is 11.0 Å². The van der Waals surface area contributed by atoms with Crippen molar-refractivity contribution in [3.8, 4) is 5.75 Å². The van der Waals surface area contributed by atoms with E-state index in [1.165, 1.54) is 13.2 Å². The smallest absolute Gasteiger partial charge is 0.419 e. The highest BCUT2D eigenvalue weighted by atomic mass is 19.4. The van der Waals surface area contributed by atoms with Crippen LogP contribution in [0.4, 0.5) is 23.2 Å². The van der Waals surface area contributed by atoms with Gasteiger partial charge in [0, 0.05) is 28.8 Å². The molecular weight excluding hydrogens is 402 g/mol. The number of halogens is 4. The monoisotopic (exact) mass is 421 g/mol. The van der Waals surface area contributed by atoms with Gasteiger partial charge in [-0.15, -0.1) is 0 Å². The van der Waals surface area contributed by atoms with Crippen molar-refractivity contribution in [3.63, 3.8) is 0 Å². The minimum atomic E-state index is -4.86. The van der Waals surface area contributed by atoms with Crippen molar-refractivity contribution >= 4 is 28.1 Å². The van der Waals surface area contributed by atoms with E-state index in [0.717, 1.165) is 22.8 Å². The van der Waals surface area contributed by atoms with Crippen LogP contribution in [0.15, 0.2) is 40.8 Å². The molecule has 1 amide bonds. The Labute approximate surface area is 170 Å². The lowest BCUT2D eigenvalue weighted by atomic mass is 10.0. The van der Waals surface area contributed by atoms with E-state index in [2.05, 4.69) is 5.32 Å². The average molecular weight is 421 g/mol. The molecule has 0 aliphatic rings. The average Bonchev–Trinajstić information content (AvgIpc) is 2.94. The van der Waals surface area contributed by atoms with Gasteiger partial charge in [-0.2, -0.15) is 13.2 Å². The van der Waals surface area contributed by atoms with Crippen molar-refractivity contribution in [2.45, 2.75) is 26.9 Å². The highest BCUT2D eigenvalue weighted by Gasteiger charge is 2.34. The van der Waals surface area contributed by atoms with Gasteiger partial charge in [-0.3, -0.25) is 4.79 Å². The van der Waals surface area contributed by atoms with E-state index in [1.807, 2.05) is 19.9 Å². The predicted octanol–water partition coefficient (Wildman–Crippen LogP) is 6.26. The lowest BCUT2D eigenvalue weighted by Crippen LogP contribution is -2.12. The molecule has 1 aromatic heterocycles. The second-order valence-electron chi connectivity index (χ2n) is 6.84. The molecule has 0 fully saturated rings. The molecule has 0 atom stereocenters. The number of carbonyl (C=O) groups excluding carboxylic acids is 1. The molecule has 8 heteroatoms. The van der Waals surface area contributed by atoms with Crippen LogP contribution in [0, 0.1) is 19.7 Å². The maximum atomic E-state index is 13.4. The number of furan rings is 1. The van der Waals surface area contributed by atoms with Crippen molar-refractivity contribution < 1.29 is 31.5 Å². The van der Waals surface area contributed by atoms with Crippen LogP contribution in [-0.4, -0.2) is 13.0 Å². The first kappa shape index (κ1) is 21.4. The van der Waals surface area contributed by atoms with E-state index in [1.54, 1.807) is 13.0 Å². The number of methoxy groups -OCH3 is 1. The zero-order chi connectivity index (χ0) is 22.2. The van der Waals surface area contributed by atoms with Crippen LogP contribution in [0.2, 0.25) is 0 Å². The molecule has 2 aromatic carbocycles. The molecule has 1 heterocycles. The van der Waals surface area contributed by atoms with Crippen molar-refractivity contribution in [1.82, 2.24) is 0 Å². The number of aryl methyl sites for hydroxylation is 2. The first-order valence-electron chi connectivity index (χ1n) is 8.95. The molecule has 158 valence electrons. The molecule has 0 spiro atoms. The second-order valence-corrected chi connectivity index (χ2v) is 6.84. The molecule has 1 N–H and O–H groups in total. The van der Waals surface area contributed by atoms with Gasteiger partial charge in [0.05, 0.1) is 12.7 Å². The van der Waals surface area contributed by atoms with Gasteiger partial charge in [-0.1, -0.05) is 0 Å². The Balaban J connectivity index is 1.92. The normalized spacial score (nSPS) is 12.3. The molecule has 0 aliphatic heterocycles. The van der Waals surface area contributed by atoms with Crippen LogP contribution < -0.4 is 10.1 Å². The van der Waals surface area contributed by atoms with E-state index in [0.29, 0.717) is 34.6 Å². The van der Waals surface area contributed by atoms with E-state index in [9.17, 15) is 22.4 Å². The van der Waals surface area contributed by atoms with Gasteiger partial charge in [-0.25, -0.2) is 4.39 Å². The number of ether oxygens (including phenoxy) is 1. The molecule has 0 unspecified atom stereocenters. The molecule has 0 radical (unpaired) electrons. The van der Waals surface area contributed by atoms with Gasteiger partial charge in [0.1, 0.15) is 22.9 Å². The SMILES string of the molecule is COc1cc2oc(C)c(C)c2cc1/C(C)=C/C(=O)Nc1ccc(F)c(C(F)(F)F)c1. The van der Waals surface area contributed by atoms with Crippen LogP contribution in [0.25, 0.3) is 16.5 Å². The predicted molar refractivity (Wildman–Crippen MR) is 106 cm³/mol. The summed E-state index contributed by atoms with van der Waals surface area (Å²) >= 11 is 0. The van der Waals surface area contributed by atoms with Crippen molar-refractivity contribution in [2.24, 2.45) is 0 Å². The second kappa shape index (κ2) is 7.85. The van der Waals surface area contributed by atoms with E-state index >= 15 is 0 Å². The summed E-state index contributed by atoms with van der Waals surface area (Å²) in [6.07, 6.45) is -3.62. The summed E-state index contributed by atoms with van der Waals surface area (Å²) in [7, 11) is 1.48. The summed E-state index contributed by atoms with van der Waals surface area (Å²) in [5, 5.41) is 3.20. The van der Waals surface area contributed by atoms with E-state index in [-0.39, 0.29) is 5.69 Å². The number of benzene rings is 2. The van der Waals surface area contributed by atoms with Gasteiger partial charge in [0.2, 0.25) is 5.91 Å². The van der Waals surface area contributed by atoms with E-state index in [4.69, 9.17) is 9.15 Å². The molecule has 0 bridgehead atoms. The Morgan fingerprint density at radius 3 is 2.50 bits per heavy atom. The number of hydrogen-bond acceptors (Lipinski definition) is 3. The van der Waals surface area contributed by atoms with Crippen molar-refractivity contribution in [3.05, 3.63) is 64.7 Å². The summed E-state index contributed by atoms with van der Waals surface area (Å²) in [6.45, 7) is 5.43. The largest absolute Gasteiger partial charge is 0.496 e. The van der Waals surface area contributed by atoms with Crippen LogP contribution in [0.3, 0.4) is 0 Å². The Morgan fingerprint density at radius 1 is 1.17 bits per heavy atom. The Morgan fingerprint density at radius 2 is 1.87 bits per heavy atom. The van der Waals surface area contributed by atoms with Crippen LogP contribution in [0.1, 0.15) is 29.4 Å².